The first kappa shape index (κ1) is 58.1. The van der Waals surface area contributed by atoms with Crippen LogP contribution in [0.15, 0.2) is 82.5 Å². The van der Waals surface area contributed by atoms with Crippen LogP contribution in [-0.4, -0.2) is 196 Å². The fourth-order valence-corrected chi connectivity index (χ4v) is 11.3. The number of allylic oxidation sites excluding steroid dienone is 17. The zero-order valence-electron chi connectivity index (χ0n) is 41.4. The van der Waals surface area contributed by atoms with Crippen LogP contribution in [0.3, 0.4) is 0 Å². The molecule has 0 saturated heterocycles. The van der Waals surface area contributed by atoms with Crippen molar-refractivity contribution in [1.82, 2.24) is 0 Å². The Morgan fingerprint density at radius 2 is 1.13 bits per heavy atom. The number of terminal acetylenes is 3. The molecule has 0 bridgehead atoms. The fourth-order valence-electron chi connectivity index (χ4n) is 11.3. The van der Waals surface area contributed by atoms with E-state index < -0.39 is 23.5 Å². The molecule has 50 radical (unpaired) electrons. The van der Waals surface area contributed by atoms with Crippen molar-refractivity contribution in [3.05, 3.63) is 116 Å². The average molecular weight is 906 g/mol. The van der Waals surface area contributed by atoms with E-state index in [-0.39, 0.29) is 194 Å². The van der Waals surface area contributed by atoms with Gasteiger partial charge in [-0.05, 0) is 90.4 Å². The molecule has 4 aromatic carbocycles. The first-order chi connectivity index (χ1) is 36.1. The number of hydrogen-bond acceptors (Lipinski definition) is 0. The zero-order valence-corrected chi connectivity index (χ0v) is 41.4. The molecule has 4 aliphatic rings. The van der Waals surface area contributed by atoms with Crippen LogP contribution in [0.5, 0.6) is 0 Å². The molecule has 0 fully saturated rings. The molecule has 0 nitrogen and oxygen atoms in total. The van der Waals surface area contributed by atoms with Crippen LogP contribution in [0, 0.1) is 48.9 Å². The Labute approximate surface area is 486 Å². The van der Waals surface area contributed by atoms with Gasteiger partial charge in [0.05, 0.1) is 23.5 Å². The van der Waals surface area contributed by atoms with E-state index in [1.165, 1.54) is 0 Å². The highest BCUT2D eigenvalue weighted by molar-refractivity contribution is 6.71. The maximum absolute atomic E-state index is 7.46. The molecule has 0 aromatic heterocycles. The van der Waals surface area contributed by atoms with E-state index >= 15 is 0 Å². The van der Waals surface area contributed by atoms with E-state index in [9.17, 15) is 0 Å². The van der Waals surface area contributed by atoms with Gasteiger partial charge < -0.3 is 0 Å². The fraction of sp³-hybridized carbons (Fsp3) is 0.115. The molecule has 0 heterocycles. The SMILES string of the molecule is [B]C/C([B])=C(/[B])c1c(C#C)c2c(C(/C([B])=C(/[B])Cc3c([B])c([B])c4c(c3[B])C3(C/C(=C([B])\C([B])=C(\[B])C#C)C5=C3C([B])C#CC([B])=C5[B])C3=C4C([B])=C([B])C3[B])=C(\[B])C#C)c([B])c([B])c([B])c2c2c([B])c([B])c([B])c([B])c12. The largest absolute Gasteiger partial charge is 0.132 e. The summed E-state index contributed by atoms with van der Waals surface area (Å²) in [7, 11) is 169. The van der Waals surface area contributed by atoms with Crippen LogP contribution < -0.4 is 54.6 Å². The average Bonchev–Trinajstić information content (AvgIpc) is 4.17. The highest BCUT2D eigenvalue weighted by atomic mass is 14.6. The molecular formula is C52H11B25. The summed E-state index contributed by atoms with van der Waals surface area (Å²) in [5.41, 5.74) is -1.73. The summed E-state index contributed by atoms with van der Waals surface area (Å²) in [6, 6.07) is 0. The Kier molecular flexibility index (Phi) is 15.7. The third kappa shape index (κ3) is 8.18. The normalized spacial score (nSPS) is 20.5. The van der Waals surface area contributed by atoms with Crippen molar-refractivity contribution in [1.29, 1.82) is 0 Å². The van der Waals surface area contributed by atoms with E-state index in [2.05, 4.69) is 29.6 Å². The molecule has 3 unspecified atom stereocenters. The number of rotatable bonds is 7. The maximum Gasteiger partial charge on any atom is 0.127 e. The molecule has 0 N–H and O–H groups in total. The third-order valence-corrected chi connectivity index (χ3v) is 15.0. The minimum atomic E-state index is -1.56. The second-order valence-electron chi connectivity index (χ2n) is 18.8. The van der Waals surface area contributed by atoms with Gasteiger partial charge in [0.1, 0.15) is 173 Å². The second-order valence-corrected chi connectivity index (χ2v) is 18.8. The van der Waals surface area contributed by atoms with Gasteiger partial charge in [-0.2, -0.15) is 0 Å². The molecular weight excluding hydrogens is 895 g/mol. The minimum absolute atomic E-state index is 0.00114. The molecule has 294 valence electrons. The van der Waals surface area contributed by atoms with Crippen molar-refractivity contribution in [3.8, 4) is 48.9 Å². The Bertz CT molecular complexity index is 4040. The maximum atomic E-state index is 7.46. The van der Waals surface area contributed by atoms with E-state index in [0.717, 1.165) is 0 Å². The lowest BCUT2D eigenvalue weighted by molar-refractivity contribution is 0.609. The van der Waals surface area contributed by atoms with Gasteiger partial charge in [0.2, 0.25) is 0 Å². The Morgan fingerprint density at radius 1 is 0.571 bits per heavy atom. The van der Waals surface area contributed by atoms with E-state index in [1.807, 2.05) is 0 Å². The van der Waals surface area contributed by atoms with Gasteiger partial charge in [0.15, 0.2) is 0 Å². The van der Waals surface area contributed by atoms with Gasteiger partial charge in [-0.1, -0.05) is 112 Å². The summed E-state index contributed by atoms with van der Waals surface area (Å²) in [6.45, 7) is 0. The van der Waals surface area contributed by atoms with Gasteiger partial charge in [0, 0.05) is 22.2 Å². The summed E-state index contributed by atoms with van der Waals surface area (Å²) < 4.78 is 0. The van der Waals surface area contributed by atoms with Crippen molar-refractivity contribution < 1.29 is 0 Å². The second kappa shape index (κ2) is 20.9. The van der Waals surface area contributed by atoms with Gasteiger partial charge in [-0.25, -0.2) is 0 Å². The molecule has 0 saturated carbocycles. The molecule has 4 aromatic rings. The smallest absolute Gasteiger partial charge is 0.127 e. The summed E-state index contributed by atoms with van der Waals surface area (Å²) in [5.74, 6) is 11.0. The molecule has 4 aliphatic carbocycles. The summed E-state index contributed by atoms with van der Waals surface area (Å²) in [5, 5.41) is 0.292. The first-order valence-electron chi connectivity index (χ1n) is 23.0. The monoisotopic (exact) mass is 910 g/mol. The first-order valence-corrected chi connectivity index (χ1v) is 23.0. The number of benzene rings is 4. The molecule has 0 aliphatic heterocycles. The van der Waals surface area contributed by atoms with E-state index in [1.54, 1.807) is 0 Å². The summed E-state index contributed by atoms with van der Waals surface area (Å²) in [4.78, 5) is 0. The summed E-state index contributed by atoms with van der Waals surface area (Å²) >= 11 is 0. The lowest BCUT2D eigenvalue weighted by Gasteiger charge is -2.40. The van der Waals surface area contributed by atoms with Crippen molar-refractivity contribution in [3.63, 3.8) is 0 Å². The van der Waals surface area contributed by atoms with E-state index in [0.29, 0.717) is 27.9 Å². The van der Waals surface area contributed by atoms with E-state index in [4.69, 9.17) is 215 Å². The quantitative estimate of drug-likeness (QED) is 0.0750. The topological polar surface area (TPSA) is 0 Å². The molecule has 1 spiro atoms. The highest BCUT2D eigenvalue weighted by Crippen LogP contribution is 2.67. The van der Waals surface area contributed by atoms with Crippen molar-refractivity contribution in [2.45, 2.75) is 36.2 Å². The Hall–Kier alpha value is -5.08. The Balaban J connectivity index is 1.49. The lowest BCUT2D eigenvalue weighted by Crippen LogP contribution is -2.49. The van der Waals surface area contributed by atoms with Crippen LogP contribution in [0.2, 0.25) is 18.0 Å². The van der Waals surface area contributed by atoms with Crippen LogP contribution in [-0.2, 0) is 11.8 Å². The zero-order chi connectivity index (χ0) is 57.3. The number of hydrogen-bond donors (Lipinski definition) is 0. The predicted octanol–water partition coefficient (Wildman–Crippen LogP) is -7.84. The lowest BCUT2D eigenvalue weighted by atomic mass is 9.53. The highest BCUT2D eigenvalue weighted by Gasteiger charge is 2.57. The van der Waals surface area contributed by atoms with Gasteiger partial charge in [-0.15, -0.1) is 68.9 Å². The predicted molar refractivity (Wildman–Crippen MR) is 347 cm³/mol. The standard InChI is InChI=1S/C52H11B25/c1-4-12-21-25(41(67)48(74)42(68)26(21)28-27(22(12)39(65)20(59)11-53)43(69)50(76)51(77)44(28)70)24(15(54)5-2)38(64)19(58)9-13-34(60)32-29(45(71)35(13)61)30-33(47(73)49(75)46(30)72)52(32)10-14(36(62)40(66)16(55)6-3)23-31(52)17(56)7-8-18(57)37(23)63/h1-3,17,47H,9-11H2/b24-15+,36-14-,38-19-,39-20-,40-16-. The minimum Gasteiger partial charge on any atom is -0.132 e. The summed E-state index contributed by atoms with van der Waals surface area (Å²) in [6.07, 6.45) is 17.4. The van der Waals surface area contributed by atoms with Crippen molar-refractivity contribution >= 4 is 289 Å². The Morgan fingerprint density at radius 3 is 1.69 bits per heavy atom. The van der Waals surface area contributed by atoms with Crippen LogP contribution in [0.4, 0.5) is 0 Å². The molecule has 8 rings (SSSR count). The van der Waals surface area contributed by atoms with Gasteiger partial charge in [0.25, 0.3) is 0 Å². The molecule has 25 heteroatoms. The molecule has 77 heavy (non-hydrogen) atoms. The van der Waals surface area contributed by atoms with Gasteiger partial charge in [-0.3, -0.25) is 0 Å². The van der Waals surface area contributed by atoms with Crippen molar-refractivity contribution in [2.24, 2.45) is 0 Å². The van der Waals surface area contributed by atoms with Crippen molar-refractivity contribution in [2.75, 3.05) is 0 Å². The third-order valence-electron chi connectivity index (χ3n) is 15.0. The molecule has 0 amide bonds. The molecule has 3 atom stereocenters. The van der Waals surface area contributed by atoms with Gasteiger partial charge >= 0.3 is 0 Å². The van der Waals surface area contributed by atoms with Crippen LogP contribution >= 0.6 is 0 Å². The van der Waals surface area contributed by atoms with Crippen LogP contribution in [0.1, 0.15) is 39.8 Å². The number of fused-ring (bicyclic) bond motifs is 8. The van der Waals surface area contributed by atoms with Crippen LogP contribution in [0.25, 0.3) is 38.2 Å².